The standard InChI is InChI=1S/C14H23F4O3P/c15-12-7-2-1-5-10(12)11-6-3-4-8-13(11,22(19,20)21)9-14(16,17)18/h10-12H,1-9H2,(H2,19,20,21). The molecule has 0 aromatic carbocycles. The molecule has 0 spiro atoms. The van der Waals surface area contributed by atoms with Gasteiger partial charge in [-0.15, -0.1) is 0 Å². The SMILES string of the molecule is O=P(O)(O)C1(CC(F)(F)F)CCCCC1C1CCCCC1F. The molecule has 2 aliphatic rings. The minimum atomic E-state index is -5.00. The third kappa shape index (κ3) is 3.68. The average molecular weight is 346 g/mol. The Kier molecular flexibility index (Phi) is 5.30. The molecule has 0 aromatic rings. The molecule has 2 saturated carbocycles. The van der Waals surface area contributed by atoms with Crippen molar-refractivity contribution in [2.24, 2.45) is 11.8 Å². The Balaban J connectivity index is 2.40. The molecule has 0 amide bonds. The number of halogens is 4. The van der Waals surface area contributed by atoms with Gasteiger partial charge in [-0.25, -0.2) is 4.39 Å². The minimum Gasteiger partial charge on any atom is -0.324 e. The maximum atomic E-state index is 14.3. The Morgan fingerprint density at radius 3 is 2.18 bits per heavy atom. The van der Waals surface area contributed by atoms with Crippen LogP contribution < -0.4 is 0 Å². The molecular formula is C14H23F4O3P. The molecular weight excluding hydrogens is 323 g/mol. The fourth-order valence-electron chi connectivity index (χ4n) is 4.46. The van der Waals surface area contributed by atoms with Gasteiger partial charge in [-0.1, -0.05) is 25.7 Å². The highest BCUT2D eigenvalue weighted by atomic mass is 31.2. The van der Waals surface area contributed by atoms with E-state index in [0.717, 1.165) is 0 Å². The second-order valence-corrected chi connectivity index (χ2v) is 8.73. The van der Waals surface area contributed by atoms with Gasteiger partial charge in [-0.3, -0.25) is 4.57 Å². The number of alkyl halides is 4. The van der Waals surface area contributed by atoms with E-state index in [1.165, 1.54) is 0 Å². The van der Waals surface area contributed by atoms with Gasteiger partial charge in [0.05, 0.1) is 11.6 Å². The normalized spacial score (nSPS) is 38.0. The zero-order valence-electron chi connectivity index (χ0n) is 12.4. The van der Waals surface area contributed by atoms with Crippen LogP contribution in [0.4, 0.5) is 17.6 Å². The highest BCUT2D eigenvalue weighted by molar-refractivity contribution is 7.53. The summed E-state index contributed by atoms with van der Waals surface area (Å²) < 4.78 is 65.3. The highest BCUT2D eigenvalue weighted by Crippen LogP contribution is 2.66. The maximum Gasteiger partial charge on any atom is 0.390 e. The van der Waals surface area contributed by atoms with Crippen LogP contribution in [0.5, 0.6) is 0 Å². The van der Waals surface area contributed by atoms with Crippen LogP contribution in [0.15, 0.2) is 0 Å². The first-order valence-corrected chi connectivity index (χ1v) is 9.44. The van der Waals surface area contributed by atoms with E-state index in [1.54, 1.807) is 0 Å². The smallest absolute Gasteiger partial charge is 0.324 e. The van der Waals surface area contributed by atoms with Crippen molar-refractivity contribution in [2.75, 3.05) is 0 Å². The molecule has 8 heteroatoms. The Morgan fingerprint density at radius 1 is 1.05 bits per heavy atom. The third-order valence-electron chi connectivity index (χ3n) is 5.40. The topological polar surface area (TPSA) is 57.5 Å². The Hall–Kier alpha value is -0.130. The summed E-state index contributed by atoms with van der Waals surface area (Å²) in [6.07, 6.45) is -4.29. The van der Waals surface area contributed by atoms with Gasteiger partial charge >= 0.3 is 13.8 Å². The van der Waals surface area contributed by atoms with Gasteiger partial charge in [-0.05, 0) is 37.5 Å². The predicted molar refractivity (Wildman–Crippen MR) is 74.3 cm³/mol. The number of hydrogen-bond donors (Lipinski definition) is 2. The molecule has 0 radical (unpaired) electrons. The van der Waals surface area contributed by atoms with Gasteiger partial charge in [0.15, 0.2) is 0 Å². The summed E-state index contributed by atoms with van der Waals surface area (Å²) in [6, 6.07) is 0. The number of hydrogen-bond acceptors (Lipinski definition) is 1. The van der Waals surface area contributed by atoms with Crippen LogP contribution in [-0.4, -0.2) is 27.3 Å². The number of rotatable bonds is 3. The zero-order chi connectivity index (χ0) is 16.6. The monoisotopic (exact) mass is 346 g/mol. The van der Waals surface area contributed by atoms with Gasteiger partial charge in [-0.2, -0.15) is 13.2 Å². The van der Waals surface area contributed by atoms with E-state index in [0.29, 0.717) is 32.1 Å². The molecule has 2 rings (SSSR count). The molecule has 0 aliphatic heterocycles. The third-order valence-corrected chi connectivity index (χ3v) is 7.27. The molecule has 3 nitrogen and oxygen atoms in total. The van der Waals surface area contributed by atoms with Crippen molar-refractivity contribution >= 4 is 7.60 Å². The lowest BCUT2D eigenvalue weighted by Crippen LogP contribution is -2.49. The summed E-state index contributed by atoms with van der Waals surface area (Å²) in [7, 11) is -5.00. The van der Waals surface area contributed by atoms with Crippen molar-refractivity contribution in [1.29, 1.82) is 0 Å². The Bertz CT molecular complexity index is 436. The quantitative estimate of drug-likeness (QED) is 0.581. The van der Waals surface area contributed by atoms with Gasteiger partial charge in [0, 0.05) is 0 Å². The van der Waals surface area contributed by atoms with Gasteiger partial charge in [0.25, 0.3) is 0 Å². The van der Waals surface area contributed by atoms with Crippen LogP contribution in [0.3, 0.4) is 0 Å². The molecule has 4 atom stereocenters. The lowest BCUT2D eigenvalue weighted by Gasteiger charge is -2.49. The van der Waals surface area contributed by atoms with Gasteiger partial charge < -0.3 is 9.79 Å². The van der Waals surface area contributed by atoms with Crippen LogP contribution in [0, 0.1) is 11.8 Å². The molecule has 0 aromatic heterocycles. The molecule has 22 heavy (non-hydrogen) atoms. The fraction of sp³-hybridized carbons (Fsp3) is 1.00. The summed E-state index contributed by atoms with van der Waals surface area (Å²) >= 11 is 0. The van der Waals surface area contributed by atoms with Crippen molar-refractivity contribution in [3.63, 3.8) is 0 Å². The molecule has 4 unspecified atom stereocenters. The minimum absolute atomic E-state index is 0.176. The van der Waals surface area contributed by atoms with E-state index in [4.69, 9.17) is 0 Å². The summed E-state index contributed by atoms with van der Waals surface area (Å²) in [5.41, 5.74) is 0. The largest absolute Gasteiger partial charge is 0.390 e. The van der Waals surface area contributed by atoms with E-state index in [9.17, 15) is 31.9 Å². The van der Waals surface area contributed by atoms with Gasteiger partial charge in [0.2, 0.25) is 0 Å². The first-order chi connectivity index (χ1) is 10.1. The van der Waals surface area contributed by atoms with Crippen LogP contribution in [0.1, 0.15) is 57.8 Å². The molecule has 2 N–H and O–H groups in total. The van der Waals surface area contributed by atoms with Crippen molar-refractivity contribution in [3.05, 3.63) is 0 Å². The summed E-state index contributed by atoms with van der Waals surface area (Å²) in [5, 5.41) is -2.14. The van der Waals surface area contributed by atoms with Crippen LogP contribution in [0.25, 0.3) is 0 Å². The van der Waals surface area contributed by atoms with E-state index in [2.05, 4.69) is 0 Å². The molecule has 0 saturated heterocycles. The van der Waals surface area contributed by atoms with Crippen molar-refractivity contribution < 1.29 is 31.9 Å². The van der Waals surface area contributed by atoms with Crippen LogP contribution in [0.2, 0.25) is 0 Å². The van der Waals surface area contributed by atoms with Crippen molar-refractivity contribution in [2.45, 2.75) is 75.3 Å². The molecule has 2 fully saturated rings. The second kappa shape index (κ2) is 6.40. The van der Waals surface area contributed by atoms with E-state index >= 15 is 0 Å². The van der Waals surface area contributed by atoms with E-state index in [1.807, 2.05) is 0 Å². The molecule has 2 aliphatic carbocycles. The zero-order valence-corrected chi connectivity index (χ0v) is 13.3. The van der Waals surface area contributed by atoms with E-state index < -0.39 is 43.4 Å². The first-order valence-electron chi connectivity index (χ1n) is 7.83. The summed E-state index contributed by atoms with van der Waals surface area (Å²) in [6.45, 7) is 0. The van der Waals surface area contributed by atoms with Crippen LogP contribution in [-0.2, 0) is 4.57 Å². The average Bonchev–Trinajstić information content (AvgIpc) is 2.37. The van der Waals surface area contributed by atoms with Crippen molar-refractivity contribution in [1.82, 2.24) is 0 Å². The first kappa shape index (κ1) is 18.2. The maximum absolute atomic E-state index is 14.3. The lowest BCUT2D eigenvalue weighted by atomic mass is 9.65. The highest BCUT2D eigenvalue weighted by Gasteiger charge is 2.60. The molecule has 0 heterocycles. The summed E-state index contributed by atoms with van der Waals surface area (Å²) in [5.74, 6) is -1.55. The fourth-order valence-corrected chi connectivity index (χ4v) is 6.05. The molecule has 130 valence electrons. The van der Waals surface area contributed by atoms with Crippen molar-refractivity contribution in [3.8, 4) is 0 Å². The Morgan fingerprint density at radius 2 is 1.64 bits per heavy atom. The Labute approximate surface area is 127 Å². The predicted octanol–water partition coefficient (Wildman–Crippen LogP) is 4.57. The van der Waals surface area contributed by atoms with Crippen LogP contribution >= 0.6 is 7.60 Å². The second-order valence-electron chi connectivity index (χ2n) is 6.76. The lowest BCUT2D eigenvalue weighted by molar-refractivity contribution is -0.152. The van der Waals surface area contributed by atoms with Gasteiger partial charge in [0.1, 0.15) is 6.17 Å². The summed E-state index contributed by atoms with van der Waals surface area (Å²) in [4.78, 5) is 19.5. The van der Waals surface area contributed by atoms with E-state index in [-0.39, 0.29) is 19.3 Å². The molecule has 0 bridgehead atoms.